The highest BCUT2D eigenvalue weighted by Gasteiger charge is 2.31. The van der Waals surface area contributed by atoms with Crippen molar-refractivity contribution in [3.63, 3.8) is 0 Å². The molecular formula is C21H39N3O. The molecule has 0 amide bonds. The Morgan fingerprint density at radius 2 is 1.32 bits per heavy atom. The molecule has 0 aliphatic rings. The molecule has 4 nitrogen and oxygen atoms in total. The van der Waals surface area contributed by atoms with Crippen molar-refractivity contribution in [3.05, 3.63) is 28.8 Å². The van der Waals surface area contributed by atoms with Crippen molar-refractivity contribution >= 4 is 0 Å². The summed E-state index contributed by atoms with van der Waals surface area (Å²) in [6.45, 7) is 18.8. The molecule has 0 aliphatic heterocycles. The number of aromatic hydroxyl groups is 1. The van der Waals surface area contributed by atoms with Crippen LogP contribution in [-0.4, -0.2) is 54.2 Å². The maximum atomic E-state index is 10.7. The molecule has 1 aromatic rings. The number of nitrogens with two attached hydrogens (primary N) is 1. The van der Waals surface area contributed by atoms with Gasteiger partial charge in [-0.2, -0.15) is 0 Å². The molecule has 1 aromatic carbocycles. The number of hydrogen-bond donors (Lipinski definition) is 2. The molecule has 0 saturated heterocycles. The van der Waals surface area contributed by atoms with Gasteiger partial charge < -0.3 is 20.6 Å². The Labute approximate surface area is 155 Å². The zero-order valence-electron chi connectivity index (χ0n) is 17.2. The Balaban J connectivity index is 3.13. The molecule has 0 fully saturated rings. The van der Waals surface area contributed by atoms with Gasteiger partial charge in [-0.05, 0) is 58.4 Å². The van der Waals surface area contributed by atoms with Crippen molar-refractivity contribution in [1.82, 2.24) is 9.80 Å². The Kier molecular flexibility index (Phi) is 8.91. The van der Waals surface area contributed by atoms with E-state index in [-0.39, 0.29) is 0 Å². The summed E-state index contributed by atoms with van der Waals surface area (Å²) >= 11 is 0. The SMILES string of the molecule is CCN(CC)CCC(N)(CCN(CC)CC)c1cc(C)cc(C)c1O. The quantitative estimate of drug-likeness (QED) is 0.640. The summed E-state index contributed by atoms with van der Waals surface area (Å²) in [5.74, 6) is 0.368. The zero-order valence-corrected chi connectivity index (χ0v) is 17.2. The summed E-state index contributed by atoms with van der Waals surface area (Å²) in [4.78, 5) is 4.80. The van der Waals surface area contributed by atoms with Crippen LogP contribution in [-0.2, 0) is 5.54 Å². The fourth-order valence-electron chi connectivity index (χ4n) is 3.53. The lowest BCUT2D eigenvalue weighted by Crippen LogP contribution is -2.43. The Bertz CT molecular complexity index is 506. The van der Waals surface area contributed by atoms with Crippen molar-refractivity contribution < 1.29 is 5.11 Å². The molecule has 0 bridgehead atoms. The molecular weight excluding hydrogens is 310 g/mol. The minimum atomic E-state index is -0.508. The van der Waals surface area contributed by atoms with Gasteiger partial charge in [-0.15, -0.1) is 0 Å². The van der Waals surface area contributed by atoms with E-state index in [1.807, 2.05) is 13.0 Å². The highest BCUT2D eigenvalue weighted by Crippen LogP contribution is 2.36. The van der Waals surface area contributed by atoms with E-state index in [1.54, 1.807) is 0 Å². The second-order valence-electron chi connectivity index (χ2n) is 7.19. The van der Waals surface area contributed by atoms with Gasteiger partial charge in [0.25, 0.3) is 0 Å². The molecule has 1 rings (SSSR count). The minimum absolute atomic E-state index is 0.368. The number of phenols is 1. The highest BCUT2D eigenvalue weighted by molar-refractivity contribution is 5.46. The van der Waals surface area contributed by atoms with Crippen LogP contribution in [0.15, 0.2) is 12.1 Å². The lowest BCUT2D eigenvalue weighted by molar-refractivity contribution is 0.216. The number of aryl methyl sites for hydroxylation is 2. The van der Waals surface area contributed by atoms with Crippen LogP contribution in [0.2, 0.25) is 0 Å². The molecule has 0 radical (unpaired) electrons. The van der Waals surface area contributed by atoms with E-state index >= 15 is 0 Å². The first-order valence-electron chi connectivity index (χ1n) is 9.85. The van der Waals surface area contributed by atoms with Gasteiger partial charge in [0.2, 0.25) is 0 Å². The smallest absolute Gasteiger partial charge is 0.123 e. The van der Waals surface area contributed by atoms with Gasteiger partial charge >= 0.3 is 0 Å². The fourth-order valence-corrected chi connectivity index (χ4v) is 3.53. The Morgan fingerprint density at radius 3 is 1.72 bits per heavy atom. The van der Waals surface area contributed by atoms with Crippen LogP contribution < -0.4 is 5.73 Å². The monoisotopic (exact) mass is 349 g/mol. The maximum absolute atomic E-state index is 10.7. The van der Waals surface area contributed by atoms with Gasteiger partial charge in [0.05, 0.1) is 0 Å². The Hall–Kier alpha value is -1.10. The summed E-state index contributed by atoms with van der Waals surface area (Å²) in [6, 6.07) is 4.10. The van der Waals surface area contributed by atoms with Crippen LogP contribution in [0.25, 0.3) is 0 Å². The molecule has 144 valence electrons. The number of rotatable bonds is 11. The van der Waals surface area contributed by atoms with E-state index in [4.69, 9.17) is 5.73 Å². The van der Waals surface area contributed by atoms with Gasteiger partial charge in [-0.25, -0.2) is 0 Å². The summed E-state index contributed by atoms with van der Waals surface area (Å²) in [7, 11) is 0. The van der Waals surface area contributed by atoms with Crippen molar-refractivity contribution in [2.75, 3.05) is 39.3 Å². The number of nitrogens with zero attached hydrogens (tertiary/aromatic N) is 2. The van der Waals surface area contributed by atoms with Crippen LogP contribution >= 0.6 is 0 Å². The summed E-state index contributed by atoms with van der Waals surface area (Å²) in [6.07, 6.45) is 1.71. The van der Waals surface area contributed by atoms with Gasteiger partial charge in [-0.1, -0.05) is 45.4 Å². The molecule has 0 heterocycles. The number of benzene rings is 1. The van der Waals surface area contributed by atoms with Crippen molar-refractivity contribution in [1.29, 1.82) is 0 Å². The lowest BCUT2D eigenvalue weighted by Gasteiger charge is -2.35. The fraction of sp³-hybridized carbons (Fsp3) is 0.714. The van der Waals surface area contributed by atoms with E-state index < -0.39 is 5.54 Å². The molecule has 4 heteroatoms. The largest absolute Gasteiger partial charge is 0.507 e. The summed E-state index contributed by atoms with van der Waals surface area (Å²) in [5.41, 5.74) is 9.43. The van der Waals surface area contributed by atoms with E-state index in [0.717, 1.165) is 68.8 Å². The molecule has 0 aromatic heterocycles. The van der Waals surface area contributed by atoms with E-state index in [0.29, 0.717) is 5.75 Å². The molecule has 0 atom stereocenters. The third-order valence-electron chi connectivity index (χ3n) is 5.52. The average molecular weight is 350 g/mol. The maximum Gasteiger partial charge on any atom is 0.123 e. The van der Waals surface area contributed by atoms with Crippen LogP contribution in [0.4, 0.5) is 0 Å². The van der Waals surface area contributed by atoms with Crippen LogP contribution in [0.5, 0.6) is 5.75 Å². The standard InChI is InChI=1S/C21H39N3O/c1-7-23(8-2)13-11-21(22,12-14-24(9-3)10-4)19-16-17(5)15-18(6)20(19)25/h15-16,25H,7-14,22H2,1-6H3. The minimum Gasteiger partial charge on any atom is -0.507 e. The molecule has 0 aliphatic carbocycles. The van der Waals surface area contributed by atoms with Crippen LogP contribution in [0.1, 0.15) is 57.2 Å². The molecule has 0 unspecified atom stereocenters. The van der Waals surface area contributed by atoms with Gasteiger partial charge in [0, 0.05) is 24.2 Å². The lowest BCUT2D eigenvalue weighted by atomic mass is 9.82. The van der Waals surface area contributed by atoms with Crippen LogP contribution in [0, 0.1) is 13.8 Å². The van der Waals surface area contributed by atoms with Gasteiger partial charge in [0.1, 0.15) is 5.75 Å². The number of hydrogen-bond acceptors (Lipinski definition) is 4. The zero-order chi connectivity index (χ0) is 19.0. The topological polar surface area (TPSA) is 52.7 Å². The van der Waals surface area contributed by atoms with Crippen LogP contribution in [0.3, 0.4) is 0 Å². The van der Waals surface area contributed by atoms with Crippen molar-refractivity contribution in [3.8, 4) is 5.75 Å². The Morgan fingerprint density at radius 1 is 0.880 bits per heavy atom. The van der Waals surface area contributed by atoms with E-state index in [2.05, 4.69) is 50.5 Å². The second-order valence-corrected chi connectivity index (χ2v) is 7.19. The van der Waals surface area contributed by atoms with Gasteiger partial charge in [0.15, 0.2) is 0 Å². The van der Waals surface area contributed by atoms with Gasteiger partial charge in [-0.3, -0.25) is 0 Å². The molecule has 0 saturated carbocycles. The highest BCUT2D eigenvalue weighted by atomic mass is 16.3. The molecule has 3 N–H and O–H groups in total. The summed E-state index contributed by atoms with van der Waals surface area (Å²) < 4.78 is 0. The van der Waals surface area contributed by atoms with Crippen molar-refractivity contribution in [2.45, 2.75) is 59.9 Å². The first-order valence-corrected chi connectivity index (χ1v) is 9.85. The molecule has 0 spiro atoms. The van der Waals surface area contributed by atoms with E-state index in [1.165, 1.54) is 0 Å². The predicted molar refractivity (Wildman–Crippen MR) is 108 cm³/mol. The first-order chi connectivity index (χ1) is 11.8. The average Bonchev–Trinajstić information content (AvgIpc) is 2.59. The summed E-state index contributed by atoms with van der Waals surface area (Å²) in [5, 5.41) is 10.7. The first kappa shape index (κ1) is 21.9. The third kappa shape index (κ3) is 5.98. The second kappa shape index (κ2) is 10.1. The van der Waals surface area contributed by atoms with E-state index in [9.17, 15) is 5.11 Å². The third-order valence-corrected chi connectivity index (χ3v) is 5.52. The molecule has 25 heavy (non-hydrogen) atoms. The number of phenolic OH excluding ortho intramolecular Hbond substituents is 1. The van der Waals surface area contributed by atoms with Crippen molar-refractivity contribution in [2.24, 2.45) is 5.73 Å². The normalized spacial score (nSPS) is 12.4. The predicted octanol–water partition coefficient (Wildman–Crippen LogP) is 3.63.